The van der Waals surface area contributed by atoms with Gasteiger partial charge >= 0.3 is 0 Å². The fraction of sp³-hybridized carbons (Fsp3) is 0.682. The number of amides is 1. The van der Waals surface area contributed by atoms with Gasteiger partial charge in [0.25, 0.3) is 5.91 Å². The number of nitrogens with one attached hydrogen (secondary N) is 2. The smallest absolute Gasteiger partial charge is 0.269 e. The van der Waals surface area contributed by atoms with Gasteiger partial charge in [0.1, 0.15) is 5.69 Å². The van der Waals surface area contributed by atoms with Crippen LogP contribution in [0.3, 0.4) is 0 Å². The molecule has 0 radical (unpaired) electrons. The van der Waals surface area contributed by atoms with Gasteiger partial charge < -0.3 is 5.32 Å². The number of aromatic amines is 1. The highest BCUT2D eigenvalue weighted by Crippen LogP contribution is 2.61. The Morgan fingerprint density at radius 2 is 1.82 bits per heavy atom. The minimum atomic E-state index is -0.0406. The Hall–Kier alpha value is -2.11. The van der Waals surface area contributed by atoms with Crippen LogP contribution in [0.25, 0.3) is 11.3 Å². The molecule has 1 amide bonds. The zero-order chi connectivity index (χ0) is 19.6. The van der Waals surface area contributed by atoms with Crippen LogP contribution in [0.5, 0.6) is 0 Å². The van der Waals surface area contributed by atoms with E-state index in [0.717, 1.165) is 40.4 Å². The number of carbonyl (C=O) groups is 1. The first-order chi connectivity index (χ1) is 13.3. The monoisotopic (exact) mass is 381 g/mol. The summed E-state index contributed by atoms with van der Waals surface area (Å²) >= 11 is 0. The summed E-state index contributed by atoms with van der Waals surface area (Å²) in [6, 6.07) is 2.07. The molecule has 150 valence electrons. The van der Waals surface area contributed by atoms with E-state index >= 15 is 0 Å². The molecule has 2 heterocycles. The standard InChI is InChI=1S/C22H31N5O/c1-12-20(13(2)27(4)26-12)18-8-19(25-24-18)21(28)23-14(3)22-9-15-5-16(10-22)7-17(6-15)11-22/h8,14-17H,5-7,9-11H2,1-4H3,(H,23,28)(H,24,25). The van der Waals surface area contributed by atoms with E-state index in [1.807, 2.05) is 31.6 Å². The van der Waals surface area contributed by atoms with E-state index in [-0.39, 0.29) is 11.9 Å². The average Bonchev–Trinajstić information content (AvgIpc) is 3.18. The number of H-pyrrole nitrogens is 1. The van der Waals surface area contributed by atoms with Gasteiger partial charge in [-0.05, 0) is 88.5 Å². The molecule has 4 bridgehead atoms. The molecule has 6 nitrogen and oxygen atoms in total. The number of aromatic nitrogens is 4. The Labute approximate surface area is 166 Å². The molecule has 6 rings (SSSR count). The molecule has 0 aliphatic heterocycles. The Kier molecular flexibility index (Phi) is 3.97. The second-order valence-corrected chi connectivity index (χ2v) is 9.81. The van der Waals surface area contributed by atoms with Gasteiger partial charge in [0.05, 0.1) is 11.4 Å². The minimum Gasteiger partial charge on any atom is -0.348 e. The first-order valence-corrected chi connectivity index (χ1v) is 10.7. The highest BCUT2D eigenvalue weighted by Gasteiger charge is 2.53. The molecule has 1 atom stereocenters. The van der Waals surface area contributed by atoms with Crippen LogP contribution in [0.4, 0.5) is 0 Å². The van der Waals surface area contributed by atoms with Crippen molar-refractivity contribution < 1.29 is 4.79 Å². The van der Waals surface area contributed by atoms with Crippen molar-refractivity contribution in [1.82, 2.24) is 25.3 Å². The van der Waals surface area contributed by atoms with E-state index in [4.69, 9.17) is 0 Å². The zero-order valence-corrected chi connectivity index (χ0v) is 17.4. The van der Waals surface area contributed by atoms with E-state index in [0.29, 0.717) is 11.1 Å². The molecule has 4 saturated carbocycles. The molecule has 0 spiro atoms. The summed E-state index contributed by atoms with van der Waals surface area (Å²) in [6.07, 6.45) is 8.16. The van der Waals surface area contributed by atoms with Gasteiger partial charge in [-0.2, -0.15) is 10.2 Å². The molecule has 0 aromatic carbocycles. The quantitative estimate of drug-likeness (QED) is 0.847. The number of nitrogens with zero attached hydrogens (tertiary/aromatic N) is 3. The van der Waals surface area contributed by atoms with Crippen molar-refractivity contribution >= 4 is 5.91 Å². The summed E-state index contributed by atoms with van der Waals surface area (Å²) < 4.78 is 1.86. The van der Waals surface area contributed by atoms with E-state index < -0.39 is 0 Å². The van der Waals surface area contributed by atoms with Crippen molar-refractivity contribution in [2.24, 2.45) is 30.2 Å². The van der Waals surface area contributed by atoms with Gasteiger partial charge in [0, 0.05) is 24.3 Å². The summed E-state index contributed by atoms with van der Waals surface area (Å²) in [7, 11) is 1.93. The van der Waals surface area contributed by atoms with Gasteiger partial charge in [0.15, 0.2) is 0 Å². The van der Waals surface area contributed by atoms with Crippen LogP contribution >= 0.6 is 0 Å². The molecule has 4 aliphatic carbocycles. The lowest BCUT2D eigenvalue weighted by atomic mass is 9.48. The molecule has 4 fully saturated rings. The summed E-state index contributed by atoms with van der Waals surface area (Å²) in [5.74, 6) is 2.63. The maximum atomic E-state index is 13.0. The third kappa shape index (κ3) is 2.72. The molecule has 1 unspecified atom stereocenters. The van der Waals surface area contributed by atoms with E-state index in [9.17, 15) is 4.79 Å². The van der Waals surface area contributed by atoms with Crippen LogP contribution in [-0.4, -0.2) is 31.9 Å². The Morgan fingerprint density at radius 1 is 1.21 bits per heavy atom. The number of aryl methyl sites for hydroxylation is 2. The Bertz CT molecular complexity index is 888. The largest absolute Gasteiger partial charge is 0.348 e. The first kappa shape index (κ1) is 18.0. The number of rotatable bonds is 4. The lowest BCUT2D eigenvalue weighted by Gasteiger charge is -2.59. The van der Waals surface area contributed by atoms with Crippen molar-refractivity contribution in [3.63, 3.8) is 0 Å². The third-order valence-corrected chi connectivity index (χ3v) is 7.94. The molecule has 0 saturated heterocycles. The molecular weight excluding hydrogens is 350 g/mol. The molecule has 2 N–H and O–H groups in total. The fourth-order valence-electron chi connectivity index (χ4n) is 6.85. The van der Waals surface area contributed by atoms with Crippen LogP contribution in [0.1, 0.15) is 67.3 Å². The van der Waals surface area contributed by atoms with Crippen molar-refractivity contribution in [3.8, 4) is 11.3 Å². The third-order valence-electron chi connectivity index (χ3n) is 7.94. The predicted octanol–water partition coefficient (Wildman–Crippen LogP) is 3.76. The molecule has 28 heavy (non-hydrogen) atoms. The molecular formula is C22H31N5O. The van der Waals surface area contributed by atoms with Gasteiger partial charge in [-0.3, -0.25) is 14.6 Å². The minimum absolute atomic E-state index is 0.0406. The summed E-state index contributed by atoms with van der Waals surface area (Å²) in [4.78, 5) is 13.0. The molecule has 2 aromatic heterocycles. The van der Waals surface area contributed by atoms with Gasteiger partial charge in [-0.25, -0.2) is 0 Å². The van der Waals surface area contributed by atoms with Crippen molar-refractivity contribution in [1.29, 1.82) is 0 Å². The van der Waals surface area contributed by atoms with Crippen molar-refractivity contribution in [2.75, 3.05) is 0 Å². The SMILES string of the molecule is Cc1nn(C)c(C)c1-c1cc(C(=O)NC(C)C23CC4CC(CC(C4)C2)C3)[nH]n1. The Balaban J connectivity index is 1.33. The summed E-state index contributed by atoms with van der Waals surface area (Å²) in [5, 5.41) is 15.1. The summed E-state index contributed by atoms with van der Waals surface area (Å²) in [6.45, 7) is 6.22. The van der Waals surface area contributed by atoms with E-state index in [1.165, 1.54) is 38.5 Å². The lowest BCUT2D eigenvalue weighted by Crippen LogP contribution is -2.55. The van der Waals surface area contributed by atoms with Gasteiger partial charge in [0.2, 0.25) is 0 Å². The fourth-order valence-corrected chi connectivity index (χ4v) is 6.85. The number of hydrogen-bond acceptors (Lipinski definition) is 3. The van der Waals surface area contributed by atoms with Crippen LogP contribution in [0.15, 0.2) is 6.07 Å². The maximum absolute atomic E-state index is 13.0. The molecule has 2 aromatic rings. The van der Waals surface area contributed by atoms with Crippen LogP contribution in [-0.2, 0) is 7.05 Å². The lowest BCUT2D eigenvalue weighted by molar-refractivity contribution is -0.0688. The first-order valence-electron chi connectivity index (χ1n) is 10.7. The second-order valence-electron chi connectivity index (χ2n) is 9.81. The second kappa shape index (κ2) is 6.19. The van der Waals surface area contributed by atoms with Crippen molar-refractivity contribution in [2.45, 2.75) is 65.3 Å². The topological polar surface area (TPSA) is 75.6 Å². The highest BCUT2D eigenvalue weighted by atomic mass is 16.2. The van der Waals surface area contributed by atoms with Crippen molar-refractivity contribution in [3.05, 3.63) is 23.1 Å². The number of hydrogen-bond donors (Lipinski definition) is 2. The zero-order valence-electron chi connectivity index (χ0n) is 17.4. The predicted molar refractivity (Wildman–Crippen MR) is 108 cm³/mol. The van der Waals surface area contributed by atoms with Gasteiger partial charge in [-0.15, -0.1) is 0 Å². The van der Waals surface area contributed by atoms with Crippen LogP contribution < -0.4 is 5.32 Å². The molecule has 6 heteroatoms. The van der Waals surface area contributed by atoms with Crippen LogP contribution in [0.2, 0.25) is 0 Å². The van der Waals surface area contributed by atoms with Gasteiger partial charge in [-0.1, -0.05) is 0 Å². The highest BCUT2D eigenvalue weighted by molar-refractivity contribution is 5.93. The average molecular weight is 382 g/mol. The summed E-state index contributed by atoms with van der Waals surface area (Å²) in [5.41, 5.74) is 4.62. The maximum Gasteiger partial charge on any atom is 0.269 e. The van der Waals surface area contributed by atoms with E-state index in [2.05, 4.69) is 27.5 Å². The van der Waals surface area contributed by atoms with Crippen LogP contribution in [0, 0.1) is 37.0 Å². The van der Waals surface area contributed by atoms with E-state index in [1.54, 1.807) is 0 Å². The number of carbonyl (C=O) groups excluding carboxylic acids is 1. The Morgan fingerprint density at radius 3 is 2.36 bits per heavy atom. The molecule has 4 aliphatic rings. The normalized spacial score (nSPS) is 31.9.